The van der Waals surface area contributed by atoms with Gasteiger partial charge in [-0.1, -0.05) is 31.2 Å². The number of guanidine groups is 1. The highest BCUT2D eigenvalue weighted by atomic mass is 32.1. The van der Waals surface area contributed by atoms with Crippen LogP contribution in [-0.4, -0.2) is 42.7 Å². The first-order valence-corrected chi connectivity index (χ1v) is 11.7. The molecule has 0 spiro atoms. The van der Waals surface area contributed by atoms with Crippen LogP contribution in [0.25, 0.3) is 10.1 Å². The number of pyridine rings is 1. The summed E-state index contributed by atoms with van der Waals surface area (Å²) in [6, 6.07) is 14.5. The highest BCUT2D eigenvalue weighted by Gasteiger charge is 2.17. The van der Waals surface area contributed by atoms with Gasteiger partial charge in [-0.15, -0.1) is 11.3 Å². The molecule has 3 aromatic rings. The van der Waals surface area contributed by atoms with Gasteiger partial charge in [-0.25, -0.2) is 4.98 Å². The van der Waals surface area contributed by atoms with Crippen LogP contribution in [0.1, 0.15) is 36.3 Å². The molecule has 2 aromatic heterocycles. The van der Waals surface area contributed by atoms with Crippen LogP contribution in [0.3, 0.4) is 0 Å². The highest BCUT2D eigenvalue weighted by Crippen LogP contribution is 2.29. The van der Waals surface area contributed by atoms with Crippen molar-refractivity contribution in [2.75, 3.05) is 31.6 Å². The summed E-state index contributed by atoms with van der Waals surface area (Å²) in [5.74, 6) is 2.54. The second-order valence-electron chi connectivity index (χ2n) is 8.20. The van der Waals surface area contributed by atoms with E-state index < -0.39 is 6.10 Å². The van der Waals surface area contributed by atoms with Crippen molar-refractivity contribution in [3.05, 3.63) is 59.1 Å². The third-order valence-corrected chi connectivity index (χ3v) is 7.05. The number of thiophene rings is 1. The predicted molar refractivity (Wildman–Crippen MR) is 130 cm³/mol. The van der Waals surface area contributed by atoms with E-state index in [1.54, 1.807) is 18.4 Å². The molecule has 0 bridgehead atoms. The van der Waals surface area contributed by atoms with E-state index in [-0.39, 0.29) is 0 Å². The van der Waals surface area contributed by atoms with Gasteiger partial charge in [0.2, 0.25) is 0 Å². The van der Waals surface area contributed by atoms with Crippen LogP contribution in [0.15, 0.2) is 53.7 Å². The Labute approximate surface area is 188 Å². The van der Waals surface area contributed by atoms with E-state index in [4.69, 9.17) is 0 Å². The largest absolute Gasteiger partial charge is 0.386 e. The van der Waals surface area contributed by atoms with Crippen molar-refractivity contribution < 1.29 is 5.11 Å². The normalized spacial score (nSPS) is 16.5. The summed E-state index contributed by atoms with van der Waals surface area (Å²) in [6.45, 7) is 5.52. The highest BCUT2D eigenvalue weighted by molar-refractivity contribution is 7.19. The Morgan fingerprint density at radius 2 is 2.03 bits per heavy atom. The summed E-state index contributed by atoms with van der Waals surface area (Å²) in [5.41, 5.74) is 1.10. The molecule has 1 fully saturated rings. The van der Waals surface area contributed by atoms with Crippen molar-refractivity contribution >= 4 is 33.2 Å². The molecule has 1 atom stereocenters. The molecule has 0 saturated carbocycles. The van der Waals surface area contributed by atoms with Crippen LogP contribution in [0.4, 0.5) is 5.82 Å². The SMILES string of the molecule is CN=C(NCc1ccc(N2CCC(C)CC2)nc1)NCC(O)c1cc2ccccc2s1. The number of anilines is 1. The number of fused-ring (bicyclic) bond motifs is 1. The van der Waals surface area contributed by atoms with Gasteiger partial charge in [0.05, 0.1) is 0 Å². The van der Waals surface area contributed by atoms with Crippen LogP contribution in [0.2, 0.25) is 0 Å². The van der Waals surface area contributed by atoms with E-state index in [0.717, 1.165) is 35.3 Å². The fourth-order valence-corrected chi connectivity index (χ4v) is 4.86. The zero-order chi connectivity index (χ0) is 21.6. The molecule has 0 amide bonds. The van der Waals surface area contributed by atoms with Gasteiger partial charge in [0.25, 0.3) is 0 Å². The lowest BCUT2D eigenvalue weighted by atomic mass is 9.99. The van der Waals surface area contributed by atoms with Crippen molar-refractivity contribution in [2.45, 2.75) is 32.4 Å². The summed E-state index contributed by atoms with van der Waals surface area (Å²) < 4.78 is 1.19. The quantitative estimate of drug-likeness (QED) is 0.403. The minimum Gasteiger partial charge on any atom is -0.386 e. The summed E-state index contributed by atoms with van der Waals surface area (Å²) in [5, 5.41) is 18.3. The lowest BCUT2D eigenvalue weighted by Crippen LogP contribution is -2.39. The van der Waals surface area contributed by atoms with Gasteiger partial charge in [0.1, 0.15) is 11.9 Å². The van der Waals surface area contributed by atoms with Crippen molar-refractivity contribution in [3.8, 4) is 0 Å². The molecule has 164 valence electrons. The summed E-state index contributed by atoms with van der Waals surface area (Å²) in [6.07, 6.45) is 3.82. The number of hydrogen-bond acceptors (Lipinski definition) is 5. The Morgan fingerprint density at radius 3 is 2.74 bits per heavy atom. The van der Waals surface area contributed by atoms with Gasteiger partial charge >= 0.3 is 0 Å². The van der Waals surface area contributed by atoms with Gasteiger partial charge in [-0.05, 0) is 47.9 Å². The standard InChI is InChI=1S/C24H31N5OS/c1-17-9-11-29(12-10-17)23-8-7-18(14-26-23)15-27-24(25-2)28-16-20(30)22-13-19-5-3-4-6-21(19)31-22/h3-8,13-14,17,20,30H,9-12,15-16H2,1-2H3,(H2,25,27,28). The average molecular weight is 438 g/mol. The first-order valence-electron chi connectivity index (χ1n) is 10.9. The van der Waals surface area contributed by atoms with E-state index in [2.05, 4.69) is 62.8 Å². The molecule has 6 nitrogen and oxygen atoms in total. The van der Waals surface area contributed by atoms with Crippen molar-refractivity contribution in [2.24, 2.45) is 10.9 Å². The Morgan fingerprint density at radius 1 is 1.23 bits per heavy atom. The number of rotatable bonds is 6. The molecule has 0 radical (unpaired) electrons. The maximum atomic E-state index is 10.6. The zero-order valence-corrected chi connectivity index (χ0v) is 19.0. The minimum absolute atomic E-state index is 0.400. The van der Waals surface area contributed by atoms with Crippen molar-refractivity contribution in [3.63, 3.8) is 0 Å². The minimum atomic E-state index is -0.579. The van der Waals surface area contributed by atoms with Crippen LogP contribution < -0.4 is 15.5 Å². The maximum absolute atomic E-state index is 10.6. The molecular weight excluding hydrogens is 406 g/mol. The van der Waals surface area contributed by atoms with Gasteiger partial charge < -0.3 is 20.6 Å². The molecular formula is C24H31N5OS. The van der Waals surface area contributed by atoms with Gasteiger partial charge in [-0.3, -0.25) is 4.99 Å². The lowest BCUT2D eigenvalue weighted by molar-refractivity contribution is 0.184. The molecule has 31 heavy (non-hydrogen) atoms. The molecule has 1 unspecified atom stereocenters. The van der Waals surface area contributed by atoms with Crippen LogP contribution in [0, 0.1) is 5.92 Å². The van der Waals surface area contributed by atoms with Gasteiger partial charge in [0, 0.05) is 49.0 Å². The second kappa shape index (κ2) is 10.1. The Bertz CT molecular complexity index is 975. The number of nitrogens with zero attached hydrogens (tertiary/aromatic N) is 3. The number of aromatic nitrogens is 1. The van der Waals surface area contributed by atoms with E-state index in [0.29, 0.717) is 19.0 Å². The lowest BCUT2D eigenvalue weighted by Gasteiger charge is -2.31. The van der Waals surface area contributed by atoms with Crippen LogP contribution in [-0.2, 0) is 6.54 Å². The van der Waals surface area contributed by atoms with Crippen LogP contribution >= 0.6 is 11.3 Å². The Kier molecular flexibility index (Phi) is 7.04. The number of benzene rings is 1. The van der Waals surface area contributed by atoms with E-state index >= 15 is 0 Å². The molecule has 1 saturated heterocycles. The summed E-state index contributed by atoms with van der Waals surface area (Å²) >= 11 is 1.63. The molecule has 1 aliphatic heterocycles. The van der Waals surface area contributed by atoms with E-state index in [9.17, 15) is 5.11 Å². The smallest absolute Gasteiger partial charge is 0.191 e. The van der Waals surface area contributed by atoms with Crippen LogP contribution in [0.5, 0.6) is 0 Å². The molecule has 1 aromatic carbocycles. The third-order valence-electron chi connectivity index (χ3n) is 5.84. The second-order valence-corrected chi connectivity index (χ2v) is 9.32. The van der Waals surface area contributed by atoms with E-state index in [1.165, 1.54) is 22.9 Å². The number of aliphatic hydroxyl groups excluding tert-OH is 1. The molecule has 0 aliphatic carbocycles. The summed E-state index contributed by atoms with van der Waals surface area (Å²) in [7, 11) is 1.74. The first-order chi connectivity index (χ1) is 15.1. The zero-order valence-electron chi connectivity index (χ0n) is 18.2. The molecule has 4 rings (SSSR count). The van der Waals surface area contributed by atoms with Crippen molar-refractivity contribution in [1.29, 1.82) is 0 Å². The Balaban J connectivity index is 1.26. The van der Waals surface area contributed by atoms with Crippen molar-refractivity contribution in [1.82, 2.24) is 15.6 Å². The molecule has 3 N–H and O–H groups in total. The number of aliphatic hydroxyl groups is 1. The number of hydrogen-bond donors (Lipinski definition) is 3. The van der Waals surface area contributed by atoms with Gasteiger partial charge in [0.15, 0.2) is 5.96 Å². The number of nitrogens with one attached hydrogen (secondary N) is 2. The summed E-state index contributed by atoms with van der Waals surface area (Å²) in [4.78, 5) is 12.2. The van der Waals surface area contributed by atoms with E-state index in [1.807, 2.05) is 18.3 Å². The molecule has 1 aliphatic rings. The fourth-order valence-electron chi connectivity index (χ4n) is 3.81. The Hall–Kier alpha value is -2.64. The predicted octanol–water partition coefficient (Wildman–Crippen LogP) is 3.93. The third kappa shape index (κ3) is 5.54. The van der Waals surface area contributed by atoms with Gasteiger partial charge in [-0.2, -0.15) is 0 Å². The maximum Gasteiger partial charge on any atom is 0.191 e. The fraction of sp³-hybridized carbons (Fsp3) is 0.417. The molecule has 7 heteroatoms. The number of piperidine rings is 1. The average Bonchev–Trinajstić information content (AvgIpc) is 3.24. The monoisotopic (exact) mass is 437 g/mol. The topological polar surface area (TPSA) is 72.8 Å². The first kappa shape index (κ1) is 21.6. The molecule has 3 heterocycles. The number of aliphatic imine (C=N–C) groups is 1.